The molecule has 2 atom stereocenters. The summed E-state index contributed by atoms with van der Waals surface area (Å²) in [6.07, 6.45) is 12.3. The van der Waals surface area contributed by atoms with Crippen LogP contribution in [0.15, 0.2) is 72.4 Å². The van der Waals surface area contributed by atoms with Crippen LogP contribution in [0.2, 0.25) is 0 Å². The third-order valence-corrected chi connectivity index (χ3v) is 11.4. The van der Waals surface area contributed by atoms with E-state index in [-0.39, 0.29) is 12.2 Å². The van der Waals surface area contributed by atoms with Crippen molar-refractivity contribution < 1.29 is 0 Å². The number of fused-ring (bicyclic) bond motifs is 4. The second kappa shape index (κ2) is 14.0. The Kier molecular flexibility index (Phi) is 9.15. The fourth-order valence-corrected chi connectivity index (χ4v) is 9.00. The molecule has 1 aliphatic carbocycles. The second-order valence-electron chi connectivity index (χ2n) is 14.0. The maximum absolute atomic E-state index is 5.04. The van der Waals surface area contributed by atoms with E-state index in [0.29, 0.717) is 0 Å². The van der Waals surface area contributed by atoms with Crippen LogP contribution in [0.25, 0.3) is 11.1 Å². The normalized spacial score (nSPS) is 21.0. The van der Waals surface area contributed by atoms with E-state index in [2.05, 4.69) is 101 Å². The number of anilines is 1. The lowest BCUT2D eigenvalue weighted by molar-refractivity contribution is 0.496. The molecule has 0 saturated carbocycles. The van der Waals surface area contributed by atoms with Crippen molar-refractivity contribution in [2.75, 3.05) is 31.1 Å². The second-order valence-corrected chi connectivity index (χ2v) is 14.6. The highest BCUT2D eigenvalue weighted by Crippen LogP contribution is 2.43. The van der Waals surface area contributed by atoms with Gasteiger partial charge in [0.25, 0.3) is 0 Å². The van der Waals surface area contributed by atoms with E-state index < -0.39 is 0 Å². The SMILES string of the molecule is CCCCCN1CCCc2cc(C3=C4NC(c5ccccc5)NC4C(=c4ccc5c(c4)CCC[N+]=5CCCCC)c4nsnc43)ccc21. The Balaban J connectivity index is 1.26. The van der Waals surface area contributed by atoms with Crippen molar-refractivity contribution in [3.05, 3.63) is 117 Å². The third kappa shape index (κ3) is 5.90. The summed E-state index contributed by atoms with van der Waals surface area (Å²) in [5, 5.41) is 10.7. The predicted octanol–water partition coefficient (Wildman–Crippen LogP) is 6.34. The number of nitrogens with one attached hydrogen (secondary N) is 2. The van der Waals surface area contributed by atoms with Crippen molar-refractivity contribution in [2.45, 2.75) is 90.3 Å². The van der Waals surface area contributed by atoms with E-state index in [1.54, 1.807) is 0 Å². The summed E-state index contributed by atoms with van der Waals surface area (Å²) >= 11 is 1.34. The van der Waals surface area contributed by atoms with Crippen LogP contribution in [0.5, 0.6) is 0 Å². The molecule has 4 aromatic rings. The first-order valence-corrected chi connectivity index (χ1v) is 19.2. The van der Waals surface area contributed by atoms with Crippen molar-refractivity contribution >= 4 is 28.6 Å². The van der Waals surface area contributed by atoms with E-state index >= 15 is 0 Å². The van der Waals surface area contributed by atoms with Gasteiger partial charge in [-0.1, -0.05) is 69.5 Å². The zero-order valence-electron chi connectivity index (χ0n) is 28.6. The van der Waals surface area contributed by atoms with Crippen LogP contribution < -0.4 is 30.7 Å². The predicted molar refractivity (Wildman–Crippen MR) is 199 cm³/mol. The summed E-state index contributed by atoms with van der Waals surface area (Å²) in [6.45, 7) is 9.19. The molecule has 3 aromatic carbocycles. The molecule has 2 unspecified atom stereocenters. The van der Waals surface area contributed by atoms with Gasteiger partial charge >= 0.3 is 0 Å². The maximum atomic E-state index is 5.04. The fraction of sp³-hybridized carbons (Fsp3) is 0.439. The molecule has 248 valence electrons. The van der Waals surface area contributed by atoms with E-state index in [9.17, 15) is 0 Å². The number of hydrogen-bond donors (Lipinski definition) is 2. The van der Waals surface area contributed by atoms with Crippen molar-refractivity contribution in [3.63, 3.8) is 0 Å². The van der Waals surface area contributed by atoms with Gasteiger partial charge in [0.2, 0.25) is 5.36 Å². The lowest BCUT2D eigenvalue weighted by atomic mass is 9.83. The third-order valence-electron chi connectivity index (χ3n) is 10.8. The van der Waals surface area contributed by atoms with Gasteiger partial charge in [0, 0.05) is 60.1 Å². The molecule has 7 heteroatoms. The molecule has 1 aromatic heterocycles. The van der Waals surface area contributed by atoms with E-state index in [0.717, 1.165) is 50.4 Å². The summed E-state index contributed by atoms with van der Waals surface area (Å²) in [6, 6.07) is 25.1. The highest BCUT2D eigenvalue weighted by Gasteiger charge is 2.42. The van der Waals surface area contributed by atoms with Gasteiger partial charge in [0.1, 0.15) is 30.6 Å². The number of hydrogen-bond acceptors (Lipinski definition) is 6. The van der Waals surface area contributed by atoms with E-state index in [1.165, 1.54) is 118 Å². The van der Waals surface area contributed by atoms with Gasteiger partial charge in [-0.15, -0.1) is 0 Å². The van der Waals surface area contributed by atoms with Crippen LogP contribution in [0.4, 0.5) is 5.69 Å². The monoisotopic (exact) mass is 657 g/mol. The molecular weight excluding hydrogens is 609 g/mol. The first-order valence-electron chi connectivity index (χ1n) is 18.5. The van der Waals surface area contributed by atoms with Gasteiger partial charge in [0.15, 0.2) is 0 Å². The van der Waals surface area contributed by atoms with Crippen LogP contribution in [0.1, 0.15) is 105 Å². The van der Waals surface area contributed by atoms with Gasteiger partial charge in [-0.3, -0.25) is 5.32 Å². The Labute approximate surface area is 289 Å². The molecule has 0 spiro atoms. The van der Waals surface area contributed by atoms with Crippen molar-refractivity contribution in [1.82, 2.24) is 24.0 Å². The van der Waals surface area contributed by atoms with Crippen LogP contribution in [-0.2, 0) is 12.8 Å². The van der Waals surface area contributed by atoms with Gasteiger partial charge in [0.05, 0.1) is 17.8 Å². The molecule has 0 amide bonds. The number of unbranched alkanes of at least 4 members (excludes halogenated alkanes) is 4. The average Bonchev–Trinajstić information content (AvgIpc) is 3.79. The maximum Gasteiger partial charge on any atom is 0.203 e. The Morgan fingerprint density at radius 1 is 0.854 bits per heavy atom. The van der Waals surface area contributed by atoms with Crippen LogP contribution in [-0.4, -0.2) is 41.0 Å². The Morgan fingerprint density at radius 3 is 2.56 bits per heavy atom. The van der Waals surface area contributed by atoms with Crippen molar-refractivity contribution in [1.29, 1.82) is 0 Å². The summed E-state index contributed by atoms with van der Waals surface area (Å²) in [4.78, 5) is 2.61. The first-order chi connectivity index (χ1) is 23.7. The van der Waals surface area contributed by atoms with Gasteiger partial charge in [-0.2, -0.15) is 8.75 Å². The van der Waals surface area contributed by atoms with Crippen LogP contribution in [0, 0.1) is 0 Å². The quantitative estimate of drug-likeness (QED) is 0.154. The minimum atomic E-state index is -0.00882. The largest absolute Gasteiger partial charge is 0.371 e. The van der Waals surface area contributed by atoms with Crippen molar-refractivity contribution in [2.24, 2.45) is 0 Å². The number of rotatable bonds is 10. The zero-order valence-corrected chi connectivity index (χ0v) is 29.4. The molecule has 0 bridgehead atoms. The number of aryl methyl sites for hydroxylation is 2. The molecule has 1 fully saturated rings. The van der Waals surface area contributed by atoms with E-state index in [4.69, 9.17) is 8.75 Å². The highest BCUT2D eigenvalue weighted by atomic mass is 32.1. The fourth-order valence-electron chi connectivity index (χ4n) is 8.43. The zero-order chi connectivity index (χ0) is 32.5. The Hall–Kier alpha value is -3.81. The molecule has 0 radical (unpaired) electrons. The van der Waals surface area contributed by atoms with Gasteiger partial charge < -0.3 is 10.2 Å². The molecule has 1 saturated heterocycles. The molecule has 8 rings (SSSR count). The van der Waals surface area contributed by atoms with Gasteiger partial charge in [-0.25, -0.2) is 4.58 Å². The standard InChI is InChI=1S/C41H49N6S/c1-3-5-10-22-46-24-12-16-29-26-31(18-20-33(29)46)35-37-38(43-41(42-37)28-14-8-7-9-15-28)36(40-39(35)44-48-45-40)32-19-21-34-30(27-32)17-13-25-47(34)23-11-6-4-2/h7-9,14-15,18-21,26-27,37,41-43H,3-6,10-13,16-17,22-25H2,1-2H3/q+1. The Bertz CT molecular complexity index is 1940. The Morgan fingerprint density at radius 2 is 1.69 bits per heavy atom. The average molecular weight is 658 g/mol. The summed E-state index contributed by atoms with van der Waals surface area (Å²) in [7, 11) is 0. The molecule has 6 nitrogen and oxygen atoms in total. The van der Waals surface area contributed by atoms with E-state index in [1.807, 2.05) is 0 Å². The number of nitrogens with zero attached hydrogens (tertiary/aromatic N) is 4. The number of benzene rings is 3. The molecule has 3 aliphatic heterocycles. The topological polar surface area (TPSA) is 56.1 Å². The van der Waals surface area contributed by atoms with Crippen LogP contribution >= 0.6 is 11.7 Å². The van der Waals surface area contributed by atoms with Crippen LogP contribution in [0.3, 0.4) is 0 Å². The summed E-state index contributed by atoms with van der Waals surface area (Å²) in [5.74, 6) is 0. The van der Waals surface area contributed by atoms with Crippen molar-refractivity contribution in [3.8, 4) is 0 Å². The summed E-state index contributed by atoms with van der Waals surface area (Å²) in [5.41, 5.74) is 12.5. The minimum Gasteiger partial charge on any atom is -0.371 e. The van der Waals surface area contributed by atoms with Gasteiger partial charge in [-0.05, 0) is 78.3 Å². The lowest BCUT2D eigenvalue weighted by Gasteiger charge is -2.32. The number of aromatic nitrogens is 2. The molecule has 48 heavy (non-hydrogen) atoms. The highest BCUT2D eigenvalue weighted by molar-refractivity contribution is 6.99. The minimum absolute atomic E-state index is 0.00208. The molecular formula is C41H49N6S+. The molecule has 4 heterocycles. The smallest absolute Gasteiger partial charge is 0.203 e. The lowest BCUT2D eigenvalue weighted by Crippen LogP contribution is -2.40. The summed E-state index contributed by atoms with van der Waals surface area (Å²) < 4.78 is 12.7. The molecule has 4 aliphatic rings. The first kappa shape index (κ1) is 31.5. The molecule has 2 N–H and O–H groups in total.